The van der Waals surface area contributed by atoms with Crippen LogP contribution >= 0.6 is 15.9 Å². The van der Waals surface area contributed by atoms with E-state index in [0.29, 0.717) is 10.7 Å². The average molecular weight is 1020 g/mol. The predicted molar refractivity (Wildman–Crippen MR) is 332 cm³/mol. The molecule has 0 bridgehead atoms. The van der Waals surface area contributed by atoms with Crippen LogP contribution in [0, 0.1) is 5.92 Å². The maximum absolute atomic E-state index is 4.24. The van der Waals surface area contributed by atoms with E-state index in [-0.39, 0.29) is 5.41 Å². The van der Waals surface area contributed by atoms with Gasteiger partial charge in [0.15, 0.2) is 0 Å². The number of hydrogen-bond acceptors (Lipinski definition) is 2. The van der Waals surface area contributed by atoms with Crippen molar-refractivity contribution in [3.8, 4) is 11.1 Å². The zero-order chi connectivity index (χ0) is 53.9. The van der Waals surface area contributed by atoms with E-state index >= 15 is 0 Å². The summed E-state index contributed by atoms with van der Waals surface area (Å²) >= 11 is 3.49. The van der Waals surface area contributed by atoms with Gasteiger partial charge in [-0.2, -0.15) is 0 Å². The van der Waals surface area contributed by atoms with Crippen molar-refractivity contribution in [2.45, 2.75) is 154 Å². The number of rotatable bonds is 20. The van der Waals surface area contributed by atoms with Gasteiger partial charge in [-0.05, 0) is 161 Å². The minimum atomic E-state index is -0.174. The van der Waals surface area contributed by atoms with Gasteiger partial charge in [-0.3, -0.25) is 0 Å². The van der Waals surface area contributed by atoms with Gasteiger partial charge in [0.05, 0.1) is 0 Å². The first-order valence-electron chi connectivity index (χ1n) is 26.5. The summed E-state index contributed by atoms with van der Waals surface area (Å²) in [4.78, 5) is 5.13. The van der Waals surface area contributed by atoms with Crippen LogP contribution in [0.3, 0.4) is 0 Å². The first-order valence-corrected chi connectivity index (χ1v) is 27.4. The van der Waals surface area contributed by atoms with E-state index in [1.165, 1.54) is 33.4 Å². The van der Waals surface area contributed by atoms with Crippen LogP contribution in [-0.4, -0.2) is 4.83 Å². The maximum atomic E-state index is 4.24. The van der Waals surface area contributed by atoms with Gasteiger partial charge in [-0.15, -0.1) is 0 Å². The molecular weight excluding hydrogens is 925 g/mol. The summed E-state index contributed by atoms with van der Waals surface area (Å²) in [5.74, 6) is 0.557. The van der Waals surface area contributed by atoms with Crippen molar-refractivity contribution in [1.82, 2.24) is 0 Å². The Morgan fingerprint density at radius 3 is 1.61 bits per heavy atom. The standard InChI is InChI=1S/C54H64N2.C8H13Br.3C2H6/c1-12-19-21-26-45(18-7)56(47(24-16-5)33-27-41(8)9)49-36-38-51-50-37-32-43(39-52(50)54(10,11)53(51)40-49)29-28-42-30-34-48(35-31-42)55(44(17-6)22-14-3)46(23-15-4)25-20-13-2;1-4-6-8(5-2)7(3)9;3*1-2/h13-26,28-41H,7,12,27H2,1-6,8-11H3;4,6-7H,1,5H2,2-3H3;3*1-2H3/b20-13-,21-19-,22-14-,23-15-,24-16-,29-28+,44-17+,45-26+,46-25+,47-33+;8-6+;;;. The lowest BCUT2D eigenvalue weighted by atomic mass is 9.81. The highest BCUT2D eigenvalue weighted by Crippen LogP contribution is 2.50. The van der Waals surface area contributed by atoms with Crippen LogP contribution in [0.4, 0.5) is 11.4 Å². The molecule has 0 radical (unpaired) electrons. The van der Waals surface area contributed by atoms with Gasteiger partial charge < -0.3 is 9.80 Å². The Hall–Kier alpha value is -5.64. The third-order valence-corrected chi connectivity index (χ3v) is 11.8. The molecule has 0 aliphatic heterocycles. The molecule has 0 N–H and O–H groups in total. The van der Waals surface area contributed by atoms with E-state index in [2.05, 4.69) is 279 Å². The summed E-state index contributed by atoms with van der Waals surface area (Å²) in [5, 5.41) is 0. The van der Waals surface area contributed by atoms with Gasteiger partial charge in [0.1, 0.15) is 0 Å². The van der Waals surface area contributed by atoms with E-state index in [1.54, 1.807) is 0 Å². The van der Waals surface area contributed by atoms with Crippen molar-refractivity contribution in [2.24, 2.45) is 5.92 Å². The fraction of sp³-hybridized carbons (Fsp3) is 0.353. The van der Waals surface area contributed by atoms with Crippen LogP contribution < -0.4 is 9.80 Å². The van der Waals surface area contributed by atoms with Gasteiger partial charge >= 0.3 is 0 Å². The zero-order valence-electron chi connectivity index (χ0n) is 47.7. The number of hydrogen-bond donors (Lipinski definition) is 0. The summed E-state index contributed by atoms with van der Waals surface area (Å²) < 4.78 is 0. The van der Waals surface area contributed by atoms with E-state index in [1.807, 2.05) is 60.6 Å². The Balaban J connectivity index is 0.00000287. The lowest BCUT2D eigenvalue weighted by Gasteiger charge is -2.29. The zero-order valence-corrected chi connectivity index (χ0v) is 49.3. The summed E-state index contributed by atoms with van der Waals surface area (Å²) in [6.45, 7) is 45.9. The minimum Gasteiger partial charge on any atom is -0.311 e. The molecule has 0 saturated carbocycles. The van der Waals surface area contributed by atoms with Crippen molar-refractivity contribution < 1.29 is 0 Å². The SMILES string of the molecule is C=C/C(=C\C=C/CC)N(C(/C=C\C)=C/CC(C)C)c1ccc2c(c1)C(C)(C)c1cc(/C=C/c3ccc(N(C(/C=C\C)=C/C)C(/C=C\C)=C/C=C\C)cc3)ccc1-2.C=C/C=C(\CC)C(C)Br.CC.CC.CC. The van der Waals surface area contributed by atoms with E-state index in [9.17, 15) is 0 Å². The fourth-order valence-electron chi connectivity index (χ4n) is 7.83. The van der Waals surface area contributed by atoms with E-state index < -0.39 is 0 Å². The first kappa shape index (κ1) is 65.4. The number of fused-ring (bicyclic) bond motifs is 3. The topological polar surface area (TPSA) is 6.48 Å². The molecule has 0 fully saturated rings. The van der Waals surface area contributed by atoms with Crippen molar-refractivity contribution >= 4 is 39.5 Å². The minimum absolute atomic E-state index is 0.174. The monoisotopic (exact) mass is 1020 g/mol. The number of anilines is 2. The molecule has 0 heterocycles. The van der Waals surface area contributed by atoms with Crippen LogP contribution in [0.25, 0.3) is 23.3 Å². The van der Waals surface area contributed by atoms with Crippen molar-refractivity contribution in [3.63, 3.8) is 0 Å². The van der Waals surface area contributed by atoms with E-state index in [4.69, 9.17) is 0 Å². The van der Waals surface area contributed by atoms with Crippen LogP contribution in [-0.2, 0) is 5.41 Å². The molecule has 0 saturated heterocycles. The molecule has 1 aliphatic rings. The number of alkyl halides is 1. The van der Waals surface area contributed by atoms with Crippen molar-refractivity contribution in [3.05, 3.63) is 228 Å². The van der Waals surface area contributed by atoms with E-state index in [0.717, 1.165) is 59.0 Å². The lowest BCUT2D eigenvalue weighted by Crippen LogP contribution is -2.21. The van der Waals surface area contributed by atoms with Gasteiger partial charge in [-0.25, -0.2) is 0 Å². The molecule has 71 heavy (non-hydrogen) atoms. The smallest absolute Gasteiger partial charge is 0.0464 e. The van der Waals surface area contributed by atoms with Gasteiger partial charge in [0.25, 0.3) is 0 Å². The average Bonchev–Trinajstić information content (AvgIpc) is 3.61. The van der Waals surface area contributed by atoms with Gasteiger partial charge in [0, 0.05) is 44.4 Å². The molecule has 0 amide bonds. The first-order chi connectivity index (χ1) is 34.3. The molecule has 384 valence electrons. The second-order valence-electron chi connectivity index (χ2n) is 16.9. The third kappa shape index (κ3) is 20.2. The fourth-order valence-corrected chi connectivity index (χ4v) is 8.31. The number of halogens is 1. The summed E-state index contributed by atoms with van der Waals surface area (Å²) in [7, 11) is 0. The summed E-state index contributed by atoms with van der Waals surface area (Å²) in [6, 6.07) is 22.7. The van der Waals surface area contributed by atoms with Crippen molar-refractivity contribution in [2.75, 3.05) is 9.80 Å². The Morgan fingerprint density at radius 2 is 1.11 bits per heavy atom. The predicted octanol–water partition coefficient (Wildman–Crippen LogP) is 22.2. The maximum Gasteiger partial charge on any atom is 0.0464 e. The highest BCUT2D eigenvalue weighted by molar-refractivity contribution is 9.09. The number of nitrogens with zero attached hydrogens (tertiary/aromatic N) is 2. The molecule has 0 aromatic heterocycles. The molecule has 1 aliphatic carbocycles. The second-order valence-corrected chi connectivity index (χ2v) is 18.3. The Labute approximate surface area is 445 Å². The molecule has 1 atom stereocenters. The third-order valence-electron chi connectivity index (χ3n) is 11.3. The molecular formula is C68H95BrN2. The molecule has 2 nitrogen and oxygen atoms in total. The molecule has 3 aromatic rings. The Bertz CT molecular complexity index is 2370. The van der Waals surface area contributed by atoms with Crippen LogP contribution in [0.15, 0.2) is 205 Å². The molecule has 1 unspecified atom stereocenters. The molecule has 0 spiro atoms. The van der Waals surface area contributed by atoms with Gasteiger partial charge in [-0.1, -0.05) is 233 Å². The highest BCUT2D eigenvalue weighted by Gasteiger charge is 2.36. The number of benzene rings is 3. The largest absolute Gasteiger partial charge is 0.311 e. The Kier molecular flexibility index (Phi) is 34.2. The Morgan fingerprint density at radius 1 is 0.606 bits per heavy atom. The lowest BCUT2D eigenvalue weighted by molar-refractivity contribution is 0.659. The second kappa shape index (κ2) is 37.2. The molecule has 3 heteroatoms. The van der Waals surface area contributed by atoms with Crippen LogP contribution in [0.5, 0.6) is 0 Å². The van der Waals surface area contributed by atoms with Crippen molar-refractivity contribution in [1.29, 1.82) is 0 Å². The van der Waals surface area contributed by atoms with Crippen LogP contribution in [0.1, 0.15) is 166 Å². The molecule has 3 aromatic carbocycles. The summed E-state index contributed by atoms with van der Waals surface area (Å²) in [6.07, 6.45) is 43.5. The normalized spacial score (nSPS) is 14.1. The quantitative estimate of drug-likeness (QED) is 0.0632. The molecule has 4 rings (SSSR count). The highest BCUT2D eigenvalue weighted by atomic mass is 79.9. The van der Waals surface area contributed by atoms with Gasteiger partial charge in [0.2, 0.25) is 0 Å². The van der Waals surface area contributed by atoms with Crippen LogP contribution in [0.2, 0.25) is 0 Å². The summed E-state index contributed by atoms with van der Waals surface area (Å²) in [5.41, 5.74) is 15.5. The number of allylic oxidation sites excluding steroid dienone is 18.